The molecule has 0 aromatic heterocycles. The Balaban J connectivity index is 1.39. The van der Waals surface area contributed by atoms with E-state index in [2.05, 4.69) is 12.2 Å². The van der Waals surface area contributed by atoms with Gasteiger partial charge in [-0.05, 0) is 30.7 Å². The number of carbonyl (C=O) groups is 2. The van der Waals surface area contributed by atoms with Crippen LogP contribution in [0, 0.1) is 0 Å². The van der Waals surface area contributed by atoms with Crippen LogP contribution in [0.3, 0.4) is 0 Å². The fourth-order valence-corrected chi connectivity index (χ4v) is 3.76. The number of fused-ring (bicyclic) bond motifs is 1. The smallest absolute Gasteiger partial charge is 0.255 e. The van der Waals surface area contributed by atoms with E-state index >= 15 is 0 Å². The summed E-state index contributed by atoms with van der Waals surface area (Å²) in [6.07, 6.45) is 0.0653. The van der Waals surface area contributed by atoms with E-state index in [1.54, 1.807) is 11.0 Å². The number of ether oxygens (including phenoxy) is 2. The van der Waals surface area contributed by atoms with Crippen LogP contribution in [0.15, 0.2) is 42.5 Å². The van der Waals surface area contributed by atoms with Gasteiger partial charge in [-0.2, -0.15) is 0 Å². The average Bonchev–Trinajstić information content (AvgIpc) is 3.06. The molecule has 2 aromatic carbocycles. The highest BCUT2D eigenvalue weighted by atomic mass is 16.5. The van der Waals surface area contributed by atoms with Crippen molar-refractivity contribution >= 4 is 11.8 Å². The molecule has 2 atom stereocenters. The minimum absolute atomic E-state index is 0.0177. The van der Waals surface area contributed by atoms with Crippen molar-refractivity contribution < 1.29 is 19.1 Å². The number of benzene rings is 2. The van der Waals surface area contributed by atoms with Crippen molar-refractivity contribution in [3.63, 3.8) is 0 Å². The van der Waals surface area contributed by atoms with E-state index in [9.17, 15) is 9.59 Å². The number of nitrogens with zero attached hydrogens (tertiary/aromatic N) is 1. The minimum Gasteiger partial charge on any atom is -0.489 e. The predicted molar refractivity (Wildman–Crippen MR) is 109 cm³/mol. The normalized spacial score (nSPS) is 20.7. The Morgan fingerprint density at radius 3 is 2.52 bits per heavy atom. The molecule has 0 unspecified atom stereocenters. The number of nitrogens with one attached hydrogen (secondary N) is 1. The average molecular weight is 394 g/mol. The third-order valence-electron chi connectivity index (χ3n) is 5.74. The van der Waals surface area contributed by atoms with Gasteiger partial charge in [-0.1, -0.05) is 31.2 Å². The van der Waals surface area contributed by atoms with E-state index in [0.717, 1.165) is 11.1 Å². The summed E-state index contributed by atoms with van der Waals surface area (Å²) < 4.78 is 11.2. The highest BCUT2D eigenvalue weighted by molar-refractivity contribution is 5.97. The molecule has 0 aliphatic carbocycles. The molecule has 2 aliphatic heterocycles. The summed E-state index contributed by atoms with van der Waals surface area (Å²) in [5, 5.41) is 2.96. The molecule has 0 radical (unpaired) electrons. The SMILES string of the molecule is C[C@@H]1Oc2c(C(=O)NCc3ccc(C(=O)N4CCOCC4)cc3)cccc2[C@H]1C. The van der Waals surface area contributed by atoms with Crippen LogP contribution in [0.4, 0.5) is 0 Å². The maximum absolute atomic E-state index is 12.7. The molecule has 0 saturated carbocycles. The van der Waals surface area contributed by atoms with Gasteiger partial charge >= 0.3 is 0 Å². The fourth-order valence-electron chi connectivity index (χ4n) is 3.76. The van der Waals surface area contributed by atoms with Crippen LogP contribution in [0.2, 0.25) is 0 Å². The molecule has 4 rings (SSSR count). The Morgan fingerprint density at radius 2 is 1.79 bits per heavy atom. The topological polar surface area (TPSA) is 67.9 Å². The molecule has 6 nitrogen and oxygen atoms in total. The van der Waals surface area contributed by atoms with Crippen LogP contribution in [-0.4, -0.2) is 49.1 Å². The van der Waals surface area contributed by atoms with Crippen molar-refractivity contribution in [1.82, 2.24) is 10.2 Å². The lowest BCUT2D eigenvalue weighted by atomic mass is 9.97. The lowest BCUT2D eigenvalue weighted by Gasteiger charge is -2.26. The second-order valence-electron chi connectivity index (χ2n) is 7.62. The summed E-state index contributed by atoms with van der Waals surface area (Å²) in [4.78, 5) is 27.0. The molecule has 29 heavy (non-hydrogen) atoms. The highest BCUT2D eigenvalue weighted by Gasteiger charge is 2.31. The van der Waals surface area contributed by atoms with Crippen molar-refractivity contribution in [2.45, 2.75) is 32.4 Å². The van der Waals surface area contributed by atoms with E-state index in [4.69, 9.17) is 9.47 Å². The van der Waals surface area contributed by atoms with Crippen molar-refractivity contribution in [3.8, 4) is 5.75 Å². The second kappa shape index (κ2) is 8.25. The van der Waals surface area contributed by atoms with Crippen LogP contribution < -0.4 is 10.1 Å². The van der Waals surface area contributed by atoms with Crippen LogP contribution in [0.5, 0.6) is 5.75 Å². The van der Waals surface area contributed by atoms with Gasteiger partial charge in [0, 0.05) is 36.7 Å². The number of rotatable bonds is 4. The molecule has 2 amide bonds. The van der Waals surface area contributed by atoms with Crippen LogP contribution in [-0.2, 0) is 11.3 Å². The van der Waals surface area contributed by atoms with Gasteiger partial charge in [0.2, 0.25) is 0 Å². The zero-order chi connectivity index (χ0) is 20.4. The van der Waals surface area contributed by atoms with Gasteiger partial charge < -0.3 is 19.7 Å². The number of para-hydroxylation sites is 1. The number of amides is 2. The predicted octanol–water partition coefficient (Wildman–Crippen LogP) is 2.97. The molecule has 2 aliphatic rings. The molecule has 1 fully saturated rings. The Morgan fingerprint density at radius 1 is 1.07 bits per heavy atom. The van der Waals surface area contributed by atoms with Crippen LogP contribution in [0.25, 0.3) is 0 Å². The molecule has 2 aromatic rings. The van der Waals surface area contributed by atoms with E-state index in [-0.39, 0.29) is 23.8 Å². The van der Waals surface area contributed by atoms with Gasteiger partial charge in [0.15, 0.2) is 0 Å². The van der Waals surface area contributed by atoms with E-state index in [1.807, 2.05) is 43.3 Å². The molecular weight excluding hydrogens is 368 g/mol. The highest BCUT2D eigenvalue weighted by Crippen LogP contribution is 2.40. The first kappa shape index (κ1) is 19.5. The summed E-state index contributed by atoms with van der Waals surface area (Å²) in [5.41, 5.74) is 3.24. The van der Waals surface area contributed by atoms with Gasteiger partial charge in [-0.15, -0.1) is 0 Å². The molecule has 1 saturated heterocycles. The lowest BCUT2D eigenvalue weighted by Crippen LogP contribution is -2.40. The fraction of sp³-hybridized carbons (Fsp3) is 0.391. The third-order valence-corrected chi connectivity index (χ3v) is 5.74. The molecular formula is C23H26N2O4. The molecule has 0 bridgehead atoms. The van der Waals surface area contributed by atoms with Gasteiger partial charge in [0.25, 0.3) is 11.8 Å². The Hall–Kier alpha value is -2.86. The monoisotopic (exact) mass is 394 g/mol. The number of morpholine rings is 1. The molecule has 1 N–H and O–H groups in total. The van der Waals surface area contributed by atoms with Crippen molar-refractivity contribution in [1.29, 1.82) is 0 Å². The summed E-state index contributed by atoms with van der Waals surface area (Å²) in [6.45, 7) is 6.93. The first-order chi connectivity index (χ1) is 14.0. The second-order valence-corrected chi connectivity index (χ2v) is 7.62. The number of hydrogen-bond donors (Lipinski definition) is 1. The summed E-state index contributed by atoms with van der Waals surface area (Å²) in [7, 11) is 0. The van der Waals surface area contributed by atoms with Crippen LogP contribution in [0.1, 0.15) is 51.6 Å². The quantitative estimate of drug-likeness (QED) is 0.866. The van der Waals surface area contributed by atoms with Gasteiger partial charge in [0.05, 0.1) is 18.8 Å². The zero-order valence-electron chi connectivity index (χ0n) is 16.8. The summed E-state index contributed by atoms with van der Waals surface area (Å²) in [6, 6.07) is 13.1. The van der Waals surface area contributed by atoms with E-state index < -0.39 is 0 Å². The van der Waals surface area contributed by atoms with Crippen LogP contribution >= 0.6 is 0 Å². The van der Waals surface area contributed by atoms with Gasteiger partial charge in [-0.25, -0.2) is 0 Å². The third kappa shape index (κ3) is 3.98. The van der Waals surface area contributed by atoms with Crippen molar-refractivity contribution in [2.24, 2.45) is 0 Å². The Kier molecular flexibility index (Phi) is 5.53. The maximum Gasteiger partial charge on any atom is 0.255 e. The van der Waals surface area contributed by atoms with Gasteiger partial charge in [-0.3, -0.25) is 9.59 Å². The largest absolute Gasteiger partial charge is 0.489 e. The summed E-state index contributed by atoms with van der Waals surface area (Å²) in [5.74, 6) is 0.825. The molecule has 6 heteroatoms. The standard InChI is InChI=1S/C23H26N2O4/c1-15-16(2)29-21-19(15)4-3-5-20(21)22(26)24-14-17-6-8-18(9-7-17)23(27)25-10-12-28-13-11-25/h3-9,15-16H,10-14H2,1-2H3,(H,24,26)/t15-,16-/m0/s1. The lowest BCUT2D eigenvalue weighted by molar-refractivity contribution is 0.0303. The summed E-state index contributed by atoms with van der Waals surface area (Å²) >= 11 is 0. The Labute approximate surface area is 170 Å². The number of carbonyl (C=O) groups excluding carboxylic acids is 2. The van der Waals surface area contributed by atoms with E-state index in [1.165, 1.54) is 0 Å². The Bertz CT molecular complexity index is 904. The first-order valence-corrected chi connectivity index (χ1v) is 10.1. The molecule has 0 spiro atoms. The zero-order valence-corrected chi connectivity index (χ0v) is 16.8. The first-order valence-electron chi connectivity index (χ1n) is 10.1. The van der Waals surface area contributed by atoms with Gasteiger partial charge in [0.1, 0.15) is 11.9 Å². The molecule has 152 valence electrons. The molecule has 2 heterocycles. The van der Waals surface area contributed by atoms with Crippen molar-refractivity contribution in [2.75, 3.05) is 26.3 Å². The van der Waals surface area contributed by atoms with E-state index in [0.29, 0.717) is 49.7 Å². The number of hydrogen-bond acceptors (Lipinski definition) is 4. The minimum atomic E-state index is -0.156. The van der Waals surface area contributed by atoms with Crippen molar-refractivity contribution in [3.05, 3.63) is 64.7 Å². The maximum atomic E-state index is 12.7.